The zero-order valence-electron chi connectivity index (χ0n) is 4.22. The number of rotatable bonds is 3. The molecule has 0 aliphatic carbocycles. The van der Waals surface area contributed by atoms with Crippen molar-refractivity contribution in [1.82, 2.24) is 0 Å². The number of phosphoric ester groups is 1. The first kappa shape index (κ1) is 12.8. The molecule has 56 valence electrons. The van der Waals surface area contributed by atoms with Crippen LogP contribution < -0.4 is 0 Å². The van der Waals surface area contributed by atoms with Crippen LogP contribution >= 0.6 is 7.82 Å². The number of aliphatic carboxylic acids is 1. The molecule has 0 aromatic rings. The Kier molecular flexibility index (Phi) is 6.30. The molecular formula is C2H6LiO6P. The number of carboxylic acid groups (broad SMARTS) is 1. The summed E-state index contributed by atoms with van der Waals surface area (Å²) in [6.07, 6.45) is 0. The topological polar surface area (TPSA) is 104 Å². The van der Waals surface area contributed by atoms with Crippen LogP contribution in [0.25, 0.3) is 0 Å². The Labute approximate surface area is 68.6 Å². The Morgan fingerprint density at radius 1 is 1.50 bits per heavy atom. The Bertz CT molecular complexity index is 150. The zero-order valence-corrected chi connectivity index (χ0v) is 5.12. The average molecular weight is 164 g/mol. The van der Waals surface area contributed by atoms with Gasteiger partial charge in [-0.25, -0.2) is 9.36 Å². The summed E-state index contributed by atoms with van der Waals surface area (Å²) >= 11 is 0. The summed E-state index contributed by atoms with van der Waals surface area (Å²) in [6.45, 7) is -0.982. The molecule has 0 unspecified atom stereocenters. The van der Waals surface area contributed by atoms with Crippen molar-refractivity contribution < 1.29 is 28.8 Å². The van der Waals surface area contributed by atoms with Crippen LogP contribution in [0.5, 0.6) is 0 Å². The molecular weight excluding hydrogens is 158 g/mol. The summed E-state index contributed by atoms with van der Waals surface area (Å²) in [6, 6.07) is 0. The fourth-order valence-electron chi connectivity index (χ4n) is 0.139. The molecule has 0 fully saturated rings. The van der Waals surface area contributed by atoms with E-state index < -0.39 is 20.4 Å². The van der Waals surface area contributed by atoms with E-state index in [0.717, 1.165) is 0 Å². The third-order valence-corrected chi connectivity index (χ3v) is 0.822. The molecule has 3 N–H and O–H groups in total. The van der Waals surface area contributed by atoms with Gasteiger partial charge in [0.05, 0.1) is 0 Å². The molecule has 0 aromatic carbocycles. The van der Waals surface area contributed by atoms with Crippen molar-refractivity contribution in [3.63, 3.8) is 0 Å². The quantitative estimate of drug-likeness (QED) is 0.347. The third-order valence-electron chi connectivity index (χ3n) is 0.356. The van der Waals surface area contributed by atoms with E-state index in [4.69, 9.17) is 14.9 Å². The summed E-state index contributed by atoms with van der Waals surface area (Å²) in [7, 11) is -4.60. The van der Waals surface area contributed by atoms with Crippen LogP contribution in [-0.2, 0) is 13.9 Å². The van der Waals surface area contributed by atoms with E-state index in [1.54, 1.807) is 0 Å². The molecule has 0 spiro atoms. The number of phosphoric acid groups is 1. The third kappa shape index (κ3) is 11.0. The molecule has 0 aromatic heterocycles. The summed E-state index contributed by atoms with van der Waals surface area (Å²) < 4.78 is 13.3. The number of hydrogen-bond acceptors (Lipinski definition) is 3. The van der Waals surface area contributed by atoms with Crippen molar-refractivity contribution in [1.29, 1.82) is 0 Å². The maximum absolute atomic E-state index is 9.74. The molecule has 0 saturated heterocycles. The van der Waals surface area contributed by atoms with Gasteiger partial charge in [-0.15, -0.1) is 0 Å². The Hall–Kier alpha value is 0.177. The normalized spacial score (nSPS) is 10.2. The predicted molar refractivity (Wildman–Crippen MR) is 32.8 cm³/mol. The second kappa shape index (κ2) is 4.91. The van der Waals surface area contributed by atoms with E-state index in [1.165, 1.54) is 0 Å². The fourth-order valence-corrected chi connectivity index (χ4v) is 0.418. The Morgan fingerprint density at radius 2 is 1.90 bits per heavy atom. The molecule has 0 aliphatic heterocycles. The van der Waals surface area contributed by atoms with Crippen molar-refractivity contribution in [3.05, 3.63) is 0 Å². The van der Waals surface area contributed by atoms with E-state index in [9.17, 15) is 9.36 Å². The van der Waals surface area contributed by atoms with E-state index >= 15 is 0 Å². The standard InChI is InChI=1S/C2H5O6P.Li.H/c3-2(4)1-8-9(5,6)7;;/h1H2,(H,3,4)(H2,5,6,7);;. The van der Waals surface area contributed by atoms with Crippen molar-refractivity contribution >= 4 is 32.7 Å². The molecule has 0 heterocycles. The van der Waals surface area contributed by atoms with Gasteiger partial charge >= 0.3 is 32.7 Å². The molecule has 0 atom stereocenters. The van der Waals surface area contributed by atoms with E-state index in [0.29, 0.717) is 0 Å². The molecule has 6 nitrogen and oxygen atoms in total. The number of hydrogen-bond donors (Lipinski definition) is 3. The fraction of sp³-hybridized carbons (Fsp3) is 0.500. The average Bonchev–Trinajstić information content (AvgIpc) is 1.59. The second-order valence-electron chi connectivity index (χ2n) is 1.16. The monoisotopic (exact) mass is 164 g/mol. The molecule has 0 radical (unpaired) electrons. The van der Waals surface area contributed by atoms with Gasteiger partial charge in [0.15, 0.2) is 6.61 Å². The summed E-state index contributed by atoms with van der Waals surface area (Å²) in [5, 5.41) is 7.81. The van der Waals surface area contributed by atoms with Crippen LogP contribution in [0.1, 0.15) is 0 Å². The van der Waals surface area contributed by atoms with Gasteiger partial charge in [-0.05, 0) is 0 Å². The maximum atomic E-state index is 9.74. The molecule has 0 amide bonds. The SMILES string of the molecule is O=C(O)COP(=O)(O)O.[LiH]. The van der Waals surface area contributed by atoms with Gasteiger partial charge in [0.1, 0.15) is 0 Å². The Morgan fingerprint density at radius 3 is 2.00 bits per heavy atom. The molecule has 0 saturated carbocycles. The van der Waals surface area contributed by atoms with Crippen LogP contribution in [-0.4, -0.2) is 46.3 Å². The summed E-state index contributed by atoms with van der Waals surface area (Å²) in [5.74, 6) is -1.42. The van der Waals surface area contributed by atoms with E-state index in [1.807, 2.05) is 0 Å². The zero-order chi connectivity index (χ0) is 7.49. The first-order valence-electron chi connectivity index (χ1n) is 1.84. The van der Waals surface area contributed by atoms with Gasteiger partial charge in [0, 0.05) is 0 Å². The molecule has 8 heteroatoms. The summed E-state index contributed by atoms with van der Waals surface area (Å²) in [4.78, 5) is 25.4. The van der Waals surface area contributed by atoms with Gasteiger partial charge in [-0.2, -0.15) is 0 Å². The van der Waals surface area contributed by atoms with Gasteiger partial charge in [0.25, 0.3) is 0 Å². The summed E-state index contributed by atoms with van der Waals surface area (Å²) in [5.41, 5.74) is 0. The van der Waals surface area contributed by atoms with Crippen LogP contribution in [0.15, 0.2) is 0 Å². The molecule has 0 rings (SSSR count). The van der Waals surface area contributed by atoms with E-state index in [2.05, 4.69) is 4.52 Å². The van der Waals surface area contributed by atoms with Gasteiger partial charge < -0.3 is 14.9 Å². The van der Waals surface area contributed by atoms with Crippen molar-refractivity contribution in [3.8, 4) is 0 Å². The molecule has 0 bridgehead atoms. The van der Waals surface area contributed by atoms with Crippen molar-refractivity contribution in [2.75, 3.05) is 6.61 Å². The van der Waals surface area contributed by atoms with Crippen molar-refractivity contribution in [2.45, 2.75) is 0 Å². The Balaban J connectivity index is 0. The van der Waals surface area contributed by atoms with Gasteiger partial charge in [-0.3, -0.25) is 4.52 Å². The molecule has 0 aliphatic rings. The van der Waals surface area contributed by atoms with Crippen LogP contribution in [0, 0.1) is 0 Å². The second-order valence-corrected chi connectivity index (χ2v) is 2.40. The van der Waals surface area contributed by atoms with Gasteiger partial charge in [-0.1, -0.05) is 0 Å². The minimum absolute atomic E-state index is 0. The van der Waals surface area contributed by atoms with Crippen LogP contribution in [0.4, 0.5) is 0 Å². The first-order valence-corrected chi connectivity index (χ1v) is 3.37. The first-order chi connectivity index (χ1) is 3.92. The van der Waals surface area contributed by atoms with E-state index in [-0.39, 0.29) is 18.9 Å². The van der Waals surface area contributed by atoms with Crippen molar-refractivity contribution in [2.24, 2.45) is 0 Å². The predicted octanol–water partition coefficient (Wildman–Crippen LogP) is -1.47. The van der Waals surface area contributed by atoms with Gasteiger partial charge in [0.2, 0.25) is 0 Å². The number of carboxylic acids is 1. The van der Waals surface area contributed by atoms with Crippen LogP contribution in [0.3, 0.4) is 0 Å². The minimum atomic E-state index is -4.60. The molecule has 10 heavy (non-hydrogen) atoms. The number of carbonyl (C=O) groups is 1. The van der Waals surface area contributed by atoms with Crippen LogP contribution in [0.2, 0.25) is 0 Å².